The summed E-state index contributed by atoms with van der Waals surface area (Å²) < 4.78 is 32.0. The Labute approximate surface area is 171 Å². The van der Waals surface area contributed by atoms with E-state index in [-0.39, 0.29) is 24.3 Å². The smallest absolute Gasteiger partial charge is 0.407 e. The SMILES string of the molecule is O=C1NCCCNC(=O)c2cc(cc(C(F)F)n2)Nc2cc([nH]n2)[C@H]2CC[C@H](C2)O1. The van der Waals surface area contributed by atoms with Gasteiger partial charge in [-0.2, -0.15) is 5.10 Å². The minimum atomic E-state index is -2.82. The van der Waals surface area contributed by atoms with Gasteiger partial charge in [-0.05, 0) is 37.8 Å². The number of nitrogens with zero attached hydrogens (tertiary/aromatic N) is 2. The molecule has 1 saturated carbocycles. The van der Waals surface area contributed by atoms with Crippen LogP contribution in [0, 0.1) is 0 Å². The number of amides is 2. The Kier molecular flexibility index (Phi) is 5.77. The van der Waals surface area contributed by atoms with Gasteiger partial charge in [0.1, 0.15) is 17.5 Å². The molecule has 0 radical (unpaired) electrons. The summed E-state index contributed by atoms with van der Waals surface area (Å²) >= 11 is 0. The van der Waals surface area contributed by atoms with Crippen molar-refractivity contribution in [2.24, 2.45) is 0 Å². The molecule has 2 aromatic heterocycles. The van der Waals surface area contributed by atoms with Crippen LogP contribution in [-0.4, -0.2) is 46.4 Å². The zero-order chi connectivity index (χ0) is 21.1. The van der Waals surface area contributed by atoms with E-state index in [2.05, 4.69) is 31.1 Å². The molecule has 1 fully saturated rings. The number of aromatic amines is 1. The minimum Gasteiger partial charge on any atom is -0.446 e. The minimum absolute atomic E-state index is 0.127. The van der Waals surface area contributed by atoms with Gasteiger partial charge in [-0.1, -0.05) is 0 Å². The number of H-pyrrole nitrogens is 1. The van der Waals surface area contributed by atoms with E-state index in [0.717, 1.165) is 18.5 Å². The molecule has 6 bridgehead atoms. The summed E-state index contributed by atoms with van der Waals surface area (Å²) in [5, 5.41) is 15.4. The summed E-state index contributed by atoms with van der Waals surface area (Å²) in [4.78, 5) is 28.0. The van der Waals surface area contributed by atoms with E-state index in [0.29, 0.717) is 30.9 Å². The predicted octanol–water partition coefficient (Wildman–Crippen LogP) is 2.98. The monoisotopic (exact) mass is 420 g/mol. The standard InChI is InChI=1S/C19H22F2N6O3/c20-17(21)14-7-11-8-15(25-14)18(28)22-4-1-5-23-19(29)30-12-3-2-10(6-12)13-9-16(24-11)27-26-13/h7-10,12,17H,1-6H2,(H,22,28)(H,23,29)(H2,24,26,27)/t10-,12+/m0/s1. The number of nitrogens with one attached hydrogen (secondary N) is 4. The fourth-order valence-electron chi connectivity index (χ4n) is 3.70. The molecular formula is C19H22F2N6O3. The number of alkyl halides is 2. The molecule has 2 atom stereocenters. The van der Waals surface area contributed by atoms with Crippen LogP contribution in [0.1, 0.15) is 59.9 Å². The first-order valence-corrected chi connectivity index (χ1v) is 9.83. The molecule has 2 aliphatic rings. The Morgan fingerprint density at radius 1 is 1.10 bits per heavy atom. The third-order valence-electron chi connectivity index (χ3n) is 5.18. The highest BCUT2D eigenvalue weighted by Gasteiger charge is 2.30. The first kappa shape index (κ1) is 20.0. The number of halogens is 2. The van der Waals surface area contributed by atoms with E-state index in [9.17, 15) is 18.4 Å². The van der Waals surface area contributed by atoms with E-state index >= 15 is 0 Å². The fourth-order valence-corrected chi connectivity index (χ4v) is 3.70. The Hall–Kier alpha value is -3.24. The van der Waals surface area contributed by atoms with Gasteiger partial charge in [0.25, 0.3) is 12.3 Å². The molecule has 0 spiro atoms. The highest BCUT2D eigenvalue weighted by molar-refractivity contribution is 5.93. The number of alkyl carbamates (subject to hydrolysis) is 1. The summed E-state index contributed by atoms with van der Waals surface area (Å²) in [5.41, 5.74) is 0.535. The van der Waals surface area contributed by atoms with Crippen LogP contribution in [-0.2, 0) is 4.74 Å². The van der Waals surface area contributed by atoms with E-state index < -0.39 is 24.1 Å². The number of anilines is 2. The van der Waals surface area contributed by atoms with Gasteiger partial charge >= 0.3 is 6.09 Å². The largest absolute Gasteiger partial charge is 0.446 e. The average molecular weight is 420 g/mol. The van der Waals surface area contributed by atoms with Crippen LogP contribution in [0.5, 0.6) is 0 Å². The molecule has 160 valence electrons. The molecule has 3 heterocycles. The number of hydrogen-bond acceptors (Lipinski definition) is 6. The molecule has 11 heteroatoms. The van der Waals surface area contributed by atoms with E-state index in [1.165, 1.54) is 12.1 Å². The van der Waals surface area contributed by atoms with Gasteiger partial charge < -0.3 is 20.7 Å². The van der Waals surface area contributed by atoms with E-state index in [1.807, 2.05) is 0 Å². The summed E-state index contributed by atoms with van der Waals surface area (Å²) in [6.07, 6.45) is -0.757. The number of ether oxygens (including phenoxy) is 1. The second-order valence-corrected chi connectivity index (χ2v) is 7.37. The number of hydrogen-bond donors (Lipinski definition) is 4. The van der Waals surface area contributed by atoms with E-state index in [1.54, 1.807) is 6.07 Å². The lowest BCUT2D eigenvalue weighted by Crippen LogP contribution is -2.32. The second kappa shape index (κ2) is 8.64. The number of rotatable bonds is 1. The normalized spacial score (nSPS) is 22.4. The highest BCUT2D eigenvalue weighted by atomic mass is 19.3. The van der Waals surface area contributed by atoms with Crippen LogP contribution < -0.4 is 16.0 Å². The summed E-state index contributed by atoms with van der Waals surface area (Å²) in [7, 11) is 0. The Balaban J connectivity index is 1.61. The molecule has 9 nitrogen and oxygen atoms in total. The third kappa shape index (κ3) is 4.66. The van der Waals surface area contributed by atoms with Gasteiger partial charge in [0.05, 0.1) is 0 Å². The molecule has 1 aliphatic heterocycles. The first-order chi connectivity index (χ1) is 14.5. The lowest BCUT2D eigenvalue weighted by molar-refractivity contribution is 0.0946. The van der Waals surface area contributed by atoms with Crippen molar-refractivity contribution in [1.29, 1.82) is 0 Å². The number of aromatic nitrogens is 3. The van der Waals surface area contributed by atoms with Crippen molar-refractivity contribution in [2.45, 2.75) is 44.1 Å². The van der Waals surface area contributed by atoms with Crippen LogP contribution in [0.2, 0.25) is 0 Å². The zero-order valence-corrected chi connectivity index (χ0v) is 16.1. The molecule has 1 aliphatic carbocycles. The van der Waals surface area contributed by atoms with Gasteiger partial charge in [0.15, 0.2) is 5.82 Å². The van der Waals surface area contributed by atoms with Crippen LogP contribution >= 0.6 is 0 Å². The van der Waals surface area contributed by atoms with Gasteiger partial charge in [-0.15, -0.1) is 0 Å². The predicted molar refractivity (Wildman–Crippen MR) is 103 cm³/mol. The third-order valence-corrected chi connectivity index (χ3v) is 5.18. The molecule has 0 aromatic carbocycles. The molecule has 4 rings (SSSR count). The molecule has 0 saturated heterocycles. The molecule has 4 N–H and O–H groups in total. The number of carbonyl (C=O) groups excluding carboxylic acids is 2. The summed E-state index contributed by atoms with van der Waals surface area (Å²) in [5.74, 6) is 0.0103. The van der Waals surface area contributed by atoms with Gasteiger partial charge in [0, 0.05) is 36.5 Å². The molecule has 0 unspecified atom stereocenters. The van der Waals surface area contributed by atoms with Crippen LogP contribution in [0.3, 0.4) is 0 Å². The van der Waals surface area contributed by atoms with Crippen LogP contribution in [0.4, 0.5) is 25.1 Å². The first-order valence-electron chi connectivity index (χ1n) is 9.83. The van der Waals surface area contributed by atoms with E-state index in [4.69, 9.17) is 4.74 Å². The number of carbonyl (C=O) groups is 2. The average Bonchev–Trinajstić information content (AvgIpc) is 3.36. The highest BCUT2D eigenvalue weighted by Crippen LogP contribution is 2.36. The lowest BCUT2D eigenvalue weighted by Gasteiger charge is -2.13. The summed E-state index contributed by atoms with van der Waals surface area (Å²) in [6, 6.07) is 4.39. The zero-order valence-electron chi connectivity index (χ0n) is 16.1. The topological polar surface area (TPSA) is 121 Å². The molecule has 30 heavy (non-hydrogen) atoms. The van der Waals surface area contributed by atoms with Crippen molar-refractivity contribution in [2.75, 3.05) is 18.4 Å². The lowest BCUT2D eigenvalue weighted by atomic mass is 10.0. The Morgan fingerprint density at radius 2 is 1.93 bits per heavy atom. The van der Waals surface area contributed by atoms with Crippen LogP contribution in [0.25, 0.3) is 0 Å². The van der Waals surface area contributed by atoms with Crippen LogP contribution in [0.15, 0.2) is 18.2 Å². The summed E-state index contributed by atoms with van der Waals surface area (Å²) in [6.45, 7) is 0.563. The van der Waals surface area contributed by atoms with Crippen molar-refractivity contribution < 1.29 is 23.1 Å². The second-order valence-electron chi connectivity index (χ2n) is 7.37. The van der Waals surface area contributed by atoms with Crippen molar-refractivity contribution in [3.8, 4) is 0 Å². The Morgan fingerprint density at radius 3 is 2.77 bits per heavy atom. The van der Waals surface area contributed by atoms with Gasteiger partial charge in [-0.3, -0.25) is 9.89 Å². The van der Waals surface area contributed by atoms with Gasteiger partial charge in [-0.25, -0.2) is 18.6 Å². The maximum atomic E-state index is 13.3. The Bertz CT molecular complexity index is 935. The fraction of sp³-hybridized carbons (Fsp3) is 0.474. The van der Waals surface area contributed by atoms with Crippen molar-refractivity contribution in [3.63, 3.8) is 0 Å². The van der Waals surface area contributed by atoms with Gasteiger partial charge in [0.2, 0.25) is 0 Å². The quantitative estimate of drug-likeness (QED) is 0.563. The molecular weight excluding hydrogens is 398 g/mol. The van der Waals surface area contributed by atoms with Crippen molar-refractivity contribution >= 4 is 23.5 Å². The molecule has 2 amide bonds. The number of pyridine rings is 1. The van der Waals surface area contributed by atoms with Crippen molar-refractivity contribution in [1.82, 2.24) is 25.8 Å². The molecule has 2 aromatic rings. The maximum absolute atomic E-state index is 13.3. The number of fused-ring (bicyclic) bond motifs is 7. The van der Waals surface area contributed by atoms with Crippen molar-refractivity contribution in [3.05, 3.63) is 35.3 Å². The maximum Gasteiger partial charge on any atom is 0.407 e.